The summed E-state index contributed by atoms with van der Waals surface area (Å²) in [6.07, 6.45) is 7.89. The fraction of sp³-hybridized carbons (Fsp3) is 0.647. The Labute approximate surface area is 115 Å². The second-order valence-corrected chi connectivity index (χ2v) is 7.14. The van der Waals surface area contributed by atoms with Gasteiger partial charge in [-0.3, -0.25) is 0 Å². The molecule has 2 nitrogen and oxygen atoms in total. The van der Waals surface area contributed by atoms with E-state index in [-0.39, 0.29) is 5.54 Å². The molecule has 5 atom stereocenters. The van der Waals surface area contributed by atoms with Gasteiger partial charge in [0, 0.05) is 5.54 Å². The van der Waals surface area contributed by atoms with Crippen molar-refractivity contribution < 1.29 is 5.11 Å². The average molecular weight is 257 g/mol. The van der Waals surface area contributed by atoms with Gasteiger partial charge in [-0.15, -0.1) is 0 Å². The van der Waals surface area contributed by atoms with Crippen LogP contribution in [0.5, 0.6) is 5.75 Å². The summed E-state index contributed by atoms with van der Waals surface area (Å²) in [5, 5.41) is 9.38. The van der Waals surface area contributed by atoms with Crippen LogP contribution in [-0.4, -0.2) is 10.6 Å². The molecule has 0 radical (unpaired) electrons. The highest BCUT2D eigenvalue weighted by molar-refractivity contribution is 5.28. The molecule has 3 N–H and O–H groups in total. The Balaban J connectivity index is 1.56. The van der Waals surface area contributed by atoms with E-state index in [4.69, 9.17) is 5.73 Å². The quantitative estimate of drug-likeness (QED) is 0.855. The molecule has 4 rings (SSSR count). The number of hydrogen-bond acceptors (Lipinski definition) is 2. The van der Waals surface area contributed by atoms with Crippen LogP contribution in [0.15, 0.2) is 24.3 Å². The maximum atomic E-state index is 9.38. The number of fused-ring (bicyclic) bond motifs is 5. The lowest BCUT2D eigenvalue weighted by molar-refractivity contribution is 0.156. The lowest BCUT2D eigenvalue weighted by Crippen LogP contribution is -2.50. The zero-order valence-electron chi connectivity index (χ0n) is 11.4. The molecular formula is C17H23NO. The molecule has 0 saturated heterocycles. The largest absolute Gasteiger partial charge is 0.508 e. The summed E-state index contributed by atoms with van der Waals surface area (Å²) in [6.45, 7) is 0. The van der Waals surface area contributed by atoms with Crippen molar-refractivity contribution >= 4 is 0 Å². The molecule has 2 heteroatoms. The molecular weight excluding hydrogens is 234 g/mol. The van der Waals surface area contributed by atoms with E-state index in [1.165, 1.54) is 37.7 Å². The van der Waals surface area contributed by atoms with Gasteiger partial charge in [-0.1, -0.05) is 18.6 Å². The van der Waals surface area contributed by atoms with Crippen LogP contribution in [0.3, 0.4) is 0 Å². The summed E-state index contributed by atoms with van der Waals surface area (Å²) in [5.74, 6) is 3.92. The van der Waals surface area contributed by atoms with Crippen molar-refractivity contribution in [3.05, 3.63) is 29.8 Å². The molecule has 1 aromatic carbocycles. The van der Waals surface area contributed by atoms with E-state index < -0.39 is 0 Å². The molecule has 0 heterocycles. The predicted octanol–water partition coefficient (Wildman–Crippen LogP) is 3.09. The molecule has 102 valence electrons. The fourth-order valence-electron chi connectivity index (χ4n) is 5.51. The van der Waals surface area contributed by atoms with Gasteiger partial charge in [-0.05, 0) is 73.5 Å². The normalized spacial score (nSPS) is 43.6. The van der Waals surface area contributed by atoms with Gasteiger partial charge in [0.1, 0.15) is 5.75 Å². The van der Waals surface area contributed by atoms with E-state index in [0.29, 0.717) is 5.75 Å². The summed E-state index contributed by atoms with van der Waals surface area (Å²) >= 11 is 0. The van der Waals surface area contributed by atoms with Crippen molar-refractivity contribution in [2.45, 2.75) is 44.1 Å². The van der Waals surface area contributed by atoms with Crippen LogP contribution >= 0.6 is 0 Å². The lowest BCUT2D eigenvalue weighted by atomic mass is 9.69. The third kappa shape index (κ3) is 1.73. The number of benzene rings is 1. The molecule has 0 aromatic heterocycles. The molecule has 0 spiro atoms. The third-order valence-electron chi connectivity index (χ3n) is 6.15. The Morgan fingerprint density at radius 2 is 1.89 bits per heavy atom. The summed E-state index contributed by atoms with van der Waals surface area (Å²) in [6, 6.07) is 7.62. The van der Waals surface area contributed by atoms with E-state index in [1.807, 2.05) is 12.1 Å². The van der Waals surface area contributed by atoms with Gasteiger partial charge < -0.3 is 10.8 Å². The Hall–Kier alpha value is -1.02. The monoisotopic (exact) mass is 257 g/mol. The van der Waals surface area contributed by atoms with Crippen molar-refractivity contribution in [1.82, 2.24) is 0 Å². The minimum atomic E-state index is 0.0210. The van der Waals surface area contributed by atoms with E-state index in [9.17, 15) is 5.11 Å². The summed E-state index contributed by atoms with van der Waals surface area (Å²) < 4.78 is 0. The van der Waals surface area contributed by atoms with Crippen LogP contribution in [0.4, 0.5) is 0 Å². The van der Waals surface area contributed by atoms with Crippen molar-refractivity contribution in [2.24, 2.45) is 29.4 Å². The molecule has 3 aliphatic carbocycles. The molecule has 19 heavy (non-hydrogen) atoms. The fourth-order valence-corrected chi connectivity index (χ4v) is 5.51. The van der Waals surface area contributed by atoms with Gasteiger partial charge in [0.15, 0.2) is 0 Å². The Morgan fingerprint density at radius 3 is 2.68 bits per heavy atom. The first-order chi connectivity index (χ1) is 9.16. The number of phenols is 1. The second-order valence-electron chi connectivity index (χ2n) is 7.14. The summed E-state index contributed by atoms with van der Waals surface area (Å²) in [7, 11) is 0. The van der Waals surface area contributed by atoms with Gasteiger partial charge in [0.2, 0.25) is 0 Å². The minimum absolute atomic E-state index is 0.0210. The first-order valence-corrected chi connectivity index (χ1v) is 7.72. The van der Waals surface area contributed by atoms with Crippen molar-refractivity contribution in [3.8, 4) is 5.75 Å². The Morgan fingerprint density at radius 1 is 1.16 bits per heavy atom. The van der Waals surface area contributed by atoms with Gasteiger partial charge in [-0.25, -0.2) is 0 Å². The number of nitrogens with two attached hydrogens (primary N) is 1. The molecule has 3 aliphatic rings. The number of hydrogen-bond donors (Lipinski definition) is 2. The second kappa shape index (κ2) is 3.99. The van der Waals surface area contributed by atoms with Crippen molar-refractivity contribution in [3.63, 3.8) is 0 Å². The third-order valence-corrected chi connectivity index (χ3v) is 6.15. The molecule has 5 unspecified atom stereocenters. The highest BCUT2D eigenvalue weighted by Crippen LogP contribution is 2.62. The van der Waals surface area contributed by atoms with E-state index in [1.54, 1.807) is 12.1 Å². The number of rotatable bonds is 2. The Bertz CT molecular complexity index is 483. The average Bonchev–Trinajstić information content (AvgIpc) is 3.02. The van der Waals surface area contributed by atoms with Crippen LogP contribution in [0.1, 0.15) is 37.7 Å². The molecule has 1 aromatic rings. The van der Waals surface area contributed by atoms with E-state index in [0.717, 1.165) is 30.1 Å². The first-order valence-electron chi connectivity index (χ1n) is 7.72. The highest BCUT2D eigenvalue weighted by atomic mass is 16.3. The zero-order chi connectivity index (χ0) is 13.0. The molecule has 0 aliphatic heterocycles. The zero-order valence-corrected chi connectivity index (χ0v) is 11.4. The highest BCUT2D eigenvalue weighted by Gasteiger charge is 2.58. The minimum Gasteiger partial charge on any atom is -0.508 e. The number of aromatic hydroxyl groups is 1. The first kappa shape index (κ1) is 11.8. The van der Waals surface area contributed by atoms with Crippen molar-refractivity contribution in [2.75, 3.05) is 0 Å². The summed E-state index contributed by atoms with van der Waals surface area (Å²) in [5.41, 5.74) is 8.11. The molecule has 3 saturated carbocycles. The Kier molecular flexibility index (Phi) is 2.47. The smallest absolute Gasteiger partial charge is 0.115 e. The topological polar surface area (TPSA) is 46.2 Å². The van der Waals surface area contributed by atoms with E-state index in [2.05, 4.69) is 0 Å². The van der Waals surface area contributed by atoms with Crippen LogP contribution in [0, 0.1) is 23.7 Å². The van der Waals surface area contributed by atoms with Gasteiger partial charge in [-0.2, -0.15) is 0 Å². The maximum absolute atomic E-state index is 9.38. The maximum Gasteiger partial charge on any atom is 0.115 e. The lowest BCUT2D eigenvalue weighted by Gasteiger charge is -2.40. The van der Waals surface area contributed by atoms with Crippen LogP contribution < -0.4 is 5.73 Å². The van der Waals surface area contributed by atoms with E-state index >= 15 is 0 Å². The van der Waals surface area contributed by atoms with Gasteiger partial charge >= 0.3 is 0 Å². The van der Waals surface area contributed by atoms with Crippen LogP contribution in [-0.2, 0) is 6.42 Å². The van der Waals surface area contributed by atoms with Crippen molar-refractivity contribution in [1.29, 1.82) is 0 Å². The SMILES string of the molecule is NC1(Cc2ccc(O)cc2)CC2CC1C1CCCC21. The molecule has 0 amide bonds. The molecule has 3 fully saturated rings. The summed E-state index contributed by atoms with van der Waals surface area (Å²) in [4.78, 5) is 0. The molecule has 2 bridgehead atoms. The predicted molar refractivity (Wildman–Crippen MR) is 75.8 cm³/mol. The standard InChI is InChI=1S/C17H23NO/c18-17(9-11-4-6-13(19)7-5-11)10-12-8-16(17)15-3-1-2-14(12)15/h4-7,12,14-16,19H,1-3,8-10,18H2. The van der Waals surface area contributed by atoms with Crippen LogP contribution in [0.25, 0.3) is 0 Å². The van der Waals surface area contributed by atoms with Gasteiger partial charge in [0.25, 0.3) is 0 Å². The van der Waals surface area contributed by atoms with Crippen LogP contribution in [0.2, 0.25) is 0 Å². The number of phenolic OH excluding ortho intramolecular Hbond substituents is 1. The van der Waals surface area contributed by atoms with Gasteiger partial charge in [0.05, 0.1) is 0 Å².